The van der Waals surface area contributed by atoms with Gasteiger partial charge in [0.15, 0.2) is 12.2 Å². The average Bonchev–Trinajstić information content (AvgIpc) is 0.953. The van der Waals surface area contributed by atoms with Gasteiger partial charge in [0.1, 0.15) is 19.3 Å². The van der Waals surface area contributed by atoms with Gasteiger partial charge in [0.2, 0.25) is 0 Å². The van der Waals surface area contributed by atoms with Crippen molar-refractivity contribution in [1.29, 1.82) is 0 Å². The largest absolute Gasteiger partial charge is 0.472 e. The Bertz CT molecular complexity index is 1910. The summed E-state index contributed by atoms with van der Waals surface area (Å²) in [5.41, 5.74) is 0. The maximum atomic E-state index is 13.1. The molecule has 19 heteroatoms. The third-order valence-corrected chi connectivity index (χ3v) is 21.3. The molecular formula is C82H160O17P2. The number of phosphoric ester groups is 2. The van der Waals surface area contributed by atoms with Crippen molar-refractivity contribution in [3.8, 4) is 0 Å². The third-order valence-electron chi connectivity index (χ3n) is 19.4. The highest BCUT2D eigenvalue weighted by Gasteiger charge is 2.30. The van der Waals surface area contributed by atoms with Crippen molar-refractivity contribution in [2.24, 2.45) is 0 Å². The highest BCUT2D eigenvalue weighted by atomic mass is 31.2. The number of esters is 4. The van der Waals surface area contributed by atoms with Crippen LogP contribution in [0.3, 0.4) is 0 Å². The number of ether oxygens (including phenoxy) is 4. The number of rotatable bonds is 83. The summed E-state index contributed by atoms with van der Waals surface area (Å²) in [6.07, 6.45) is 69.7. The van der Waals surface area contributed by atoms with E-state index in [2.05, 4.69) is 27.7 Å². The van der Waals surface area contributed by atoms with Crippen LogP contribution in [-0.4, -0.2) is 96.7 Å². The van der Waals surface area contributed by atoms with Gasteiger partial charge >= 0.3 is 39.5 Å². The summed E-state index contributed by atoms with van der Waals surface area (Å²) in [5.74, 6) is -2.11. The number of unbranched alkanes of at least 4 members (excludes halogenated alkanes) is 57. The monoisotopic (exact) mass is 1480 g/mol. The summed E-state index contributed by atoms with van der Waals surface area (Å²) >= 11 is 0. The Morgan fingerprint density at radius 3 is 0.584 bits per heavy atom. The van der Waals surface area contributed by atoms with E-state index >= 15 is 0 Å². The fraction of sp³-hybridized carbons (Fsp3) is 0.951. The van der Waals surface area contributed by atoms with Crippen molar-refractivity contribution in [3.05, 3.63) is 0 Å². The Kier molecular flexibility index (Phi) is 74.8. The van der Waals surface area contributed by atoms with Crippen LogP contribution in [0.25, 0.3) is 0 Å². The maximum absolute atomic E-state index is 13.1. The molecule has 0 aliphatic rings. The van der Waals surface area contributed by atoms with E-state index in [1.165, 1.54) is 263 Å². The van der Waals surface area contributed by atoms with Crippen molar-refractivity contribution in [2.75, 3.05) is 39.6 Å². The fourth-order valence-corrected chi connectivity index (χ4v) is 14.4. The minimum atomic E-state index is -4.96. The zero-order chi connectivity index (χ0) is 73.9. The Labute approximate surface area is 619 Å². The van der Waals surface area contributed by atoms with Gasteiger partial charge in [0.05, 0.1) is 26.4 Å². The lowest BCUT2D eigenvalue weighted by Gasteiger charge is -2.21. The molecule has 0 spiro atoms. The molecule has 0 radical (unpaired) electrons. The molecule has 600 valence electrons. The second-order valence-corrected chi connectivity index (χ2v) is 32.4. The van der Waals surface area contributed by atoms with Crippen LogP contribution in [0, 0.1) is 0 Å². The van der Waals surface area contributed by atoms with Crippen LogP contribution in [-0.2, 0) is 65.4 Å². The zero-order valence-corrected chi connectivity index (χ0v) is 67.7. The number of hydrogen-bond donors (Lipinski definition) is 3. The fourth-order valence-electron chi connectivity index (χ4n) is 12.8. The van der Waals surface area contributed by atoms with E-state index in [9.17, 15) is 43.2 Å². The standard InChI is InChI=1S/C82H160O17P2/c1-5-9-13-17-21-24-27-30-33-35-37-39-41-43-46-48-51-55-59-63-67-80(85)93-73-78(99-82(87)69-65-61-57-53-50-47-44-42-40-38-36-34-31-28-25-22-18-14-10-6-2)75-97-101(90,91)95-71-76(83)70-94-100(88,89)96-74-77(72-92-79(84)66-62-58-54-20-16-12-8-4)98-81(86)68-64-60-56-52-49-45-32-29-26-23-19-15-11-7-3/h76-78,83H,5-75H2,1-4H3,(H,88,89)(H,90,91)/t76-,77+,78+/m0/s1. The Morgan fingerprint density at radius 2 is 0.396 bits per heavy atom. The van der Waals surface area contributed by atoms with E-state index in [0.717, 1.165) is 103 Å². The lowest BCUT2D eigenvalue weighted by molar-refractivity contribution is -0.161. The van der Waals surface area contributed by atoms with Crippen LogP contribution < -0.4 is 0 Å². The molecule has 0 heterocycles. The predicted molar refractivity (Wildman–Crippen MR) is 414 cm³/mol. The van der Waals surface area contributed by atoms with Crippen LogP contribution in [0.1, 0.15) is 445 Å². The summed E-state index contributed by atoms with van der Waals surface area (Å²) in [4.78, 5) is 72.9. The van der Waals surface area contributed by atoms with Crippen LogP contribution >= 0.6 is 15.6 Å². The smallest absolute Gasteiger partial charge is 0.462 e. The molecule has 3 N–H and O–H groups in total. The molecule has 5 atom stereocenters. The van der Waals surface area contributed by atoms with Crippen molar-refractivity contribution in [3.63, 3.8) is 0 Å². The molecule has 0 aromatic heterocycles. The molecule has 2 unspecified atom stereocenters. The molecule has 0 aliphatic carbocycles. The van der Waals surface area contributed by atoms with Gasteiger partial charge < -0.3 is 33.8 Å². The first kappa shape index (κ1) is 99.1. The zero-order valence-electron chi connectivity index (χ0n) is 65.9. The van der Waals surface area contributed by atoms with Crippen LogP contribution in [0.4, 0.5) is 0 Å². The normalized spacial score (nSPS) is 13.8. The molecule has 0 bridgehead atoms. The molecule has 17 nitrogen and oxygen atoms in total. The molecule has 0 saturated heterocycles. The van der Waals surface area contributed by atoms with Crippen LogP contribution in [0.2, 0.25) is 0 Å². The number of phosphoric acid groups is 2. The Morgan fingerprint density at radius 1 is 0.238 bits per heavy atom. The number of carbonyl (C=O) groups is 4. The van der Waals surface area contributed by atoms with Crippen LogP contribution in [0.5, 0.6) is 0 Å². The maximum Gasteiger partial charge on any atom is 0.472 e. The van der Waals surface area contributed by atoms with Gasteiger partial charge in [-0.3, -0.25) is 37.3 Å². The van der Waals surface area contributed by atoms with Gasteiger partial charge in [-0.05, 0) is 25.7 Å². The van der Waals surface area contributed by atoms with Gasteiger partial charge in [0, 0.05) is 25.7 Å². The predicted octanol–water partition coefficient (Wildman–Crippen LogP) is 25.0. The Hall–Kier alpha value is -1.94. The first-order valence-corrected chi connectivity index (χ1v) is 45.8. The molecule has 0 aromatic carbocycles. The van der Waals surface area contributed by atoms with E-state index in [0.29, 0.717) is 25.7 Å². The Balaban J connectivity index is 5.16. The van der Waals surface area contributed by atoms with Crippen molar-refractivity contribution < 1.29 is 80.2 Å². The molecule has 0 fully saturated rings. The van der Waals surface area contributed by atoms with E-state index in [1.54, 1.807) is 0 Å². The van der Waals surface area contributed by atoms with Gasteiger partial charge in [0.25, 0.3) is 0 Å². The third kappa shape index (κ3) is 76.1. The second kappa shape index (κ2) is 76.3. The first-order chi connectivity index (χ1) is 49.2. The number of aliphatic hydroxyl groups is 1. The summed E-state index contributed by atoms with van der Waals surface area (Å²) in [5, 5.41) is 10.6. The molecule has 0 aromatic rings. The van der Waals surface area contributed by atoms with Crippen LogP contribution in [0.15, 0.2) is 0 Å². The van der Waals surface area contributed by atoms with Gasteiger partial charge in [-0.25, -0.2) is 9.13 Å². The average molecular weight is 1480 g/mol. The van der Waals surface area contributed by atoms with Crippen molar-refractivity contribution >= 4 is 39.5 Å². The van der Waals surface area contributed by atoms with E-state index < -0.39 is 97.5 Å². The quantitative estimate of drug-likeness (QED) is 0.0222. The van der Waals surface area contributed by atoms with Gasteiger partial charge in [-0.2, -0.15) is 0 Å². The lowest BCUT2D eigenvalue weighted by atomic mass is 10.0. The van der Waals surface area contributed by atoms with E-state index in [1.807, 2.05) is 0 Å². The SMILES string of the molecule is CCCCCCCCCCCCCCCCCCCCCCC(=O)OC[C@H](COP(=O)(O)OC[C@@H](O)COP(=O)(O)OC[C@@H](COC(=O)CCCCCCCCC)OC(=O)CCCCCCCCCCCCCCCC)OC(=O)CCCCCCCCCCCCCCCCCCCCCC. The van der Waals surface area contributed by atoms with Crippen molar-refractivity contribution in [2.45, 2.75) is 463 Å². The summed E-state index contributed by atoms with van der Waals surface area (Å²) in [6, 6.07) is 0. The number of aliphatic hydroxyl groups excluding tert-OH is 1. The highest BCUT2D eigenvalue weighted by Crippen LogP contribution is 2.45. The number of carbonyl (C=O) groups excluding carboxylic acids is 4. The summed E-state index contributed by atoms with van der Waals surface area (Å²) < 4.78 is 68.6. The lowest BCUT2D eigenvalue weighted by Crippen LogP contribution is -2.30. The first-order valence-electron chi connectivity index (χ1n) is 42.8. The molecule has 0 rings (SSSR count). The summed E-state index contributed by atoms with van der Waals surface area (Å²) in [6.45, 7) is 4.99. The molecule has 0 saturated carbocycles. The minimum absolute atomic E-state index is 0.108. The van der Waals surface area contributed by atoms with Crippen molar-refractivity contribution in [1.82, 2.24) is 0 Å². The molecule has 0 amide bonds. The molecule has 101 heavy (non-hydrogen) atoms. The van der Waals surface area contributed by atoms with Gasteiger partial charge in [-0.1, -0.05) is 394 Å². The van der Waals surface area contributed by atoms with Gasteiger partial charge in [-0.15, -0.1) is 0 Å². The minimum Gasteiger partial charge on any atom is -0.462 e. The highest BCUT2D eigenvalue weighted by molar-refractivity contribution is 7.47. The topological polar surface area (TPSA) is 237 Å². The van der Waals surface area contributed by atoms with E-state index in [4.69, 9.17) is 37.0 Å². The van der Waals surface area contributed by atoms with E-state index in [-0.39, 0.29) is 25.7 Å². The molecule has 0 aliphatic heterocycles. The second-order valence-electron chi connectivity index (χ2n) is 29.5. The number of hydrogen-bond acceptors (Lipinski definition) is 15. The molecular weight excluding hydrogens is 1320 g/mol. The summed E-state index contributed by atoms with van der Waals surface area (Å²) in [7, 11) is -9.91.